The van der Waals surface area contributed by atoms with Crippen molar-refractivity contribution in [3.8, 4) is 11.5 Å². The fourth-order valence-electron chi connectivity index (χ4n) is 15.8. The summed E-state index contributed by atoms with van der Waals surface area (Å²) in [6, 6.07) is 26.8. The summed E-state index contributed by atoms with van der Waals surface area (Å²) >= 11 is 0. The third-order valence-electron chi connectivity index (χ3n) is 23.3. The first kappa shape index (κ1) is 117. The Labute approximate surface area is 826 Å². The van der Waals surface area contributed by atoms with Crippen LogP contribution in [0.15, 0.2) is 97.1 Å². The predicted molar refractivity (Wildman–Crippen MR) is 503 cm³/mol. The first-order valence-corrected chi connectivity index (χ1v) is 47.5. The number of carbonyl (C=O) groups is 15. The molecule has 0 bridgehead atoms. The number of nitrogens with zero attached hydrogens (tertiary/aromatic N) is 1. The molecule has 3 fully saturated rings. The number of carboxylic acid groups (broad SMARTS) is 1. The fourth-order valence-corrected chi connectivity index (χ4v) is 15.8. The van der Waals surface area contributed by atoms with Gasteiger partial charge in [-0.2, -0.15) is 0 Å². The summed E-state index contributed by atoms with van der Waals surface area (Å²) in [5, 5.41) is 25.6. The SMILES string of the molecule is CCC(=O)N[C@H]1C(OCCOCCOCCOCCNC(=O)c2cc(NC(=O)CNC(=O)CCCCCCCCC(=O)N3CC(C)(COC(=O)CCC(=O)O)C(C)(COC(c4ccccc4)(c4ccc(OC)cc4)c4ccc(OC)cc4)C3)cc(C(=O)NCCOCCOCCOCCOC3O[C@H](COC(C)=O)[C@H](OC(C)=O)[C@H](OC(C)=O)[C@H]3NC(=O)CC)c2)O[C@H](COC(C)=O)[C@H](OC(C)=O)[C@@H]1OC(C)=O. The van der Waals surface area contributed by atoms with Crippen LogP contribution in [-0.2, 0) is 153 Å². The highest BCUT2D eigenvalue weighted by Crippen LogP contribution is 2.51. The maximum Gasteiger partial charge on any atom is 0.306 e. The molecular formula is C99H139N7O36. The van der Waals surface area contributed by atoms with E-state index >= 15 is 0 Å². The van der Waals surface area contributed by atoms with Gasteiger partial charge in [0, 0.05) is 121 Å². The van der Waals surface area contributed by atoms with E-state index in [0.717, 1.165) is 57.2 Å². The van der Waals surface area contributed by atoms with Crippen LogP contribution in [0.3, 0.4) is 0 Å². The number of likely N-dealkylation sites (tertiary alicyclic amines) is 1. The van der Waals surface area contributed by atoms with Crippen LogP contribution < -0.4 is 41.4 Å². The number of benzene rings is 4. The normalized spacial score (nSPS) is 20.3. The third-order valence-corrected chi connectivity index (χ3v) is 23.3. The van der Waals surface area contributed by atoms with Crippen molar-refractivity contribution in [2.75, 3.05) is 171 Å². The minimum absolute atomic E-state index is 0.00568. The molecule has 43 heteroatoms. The molecule has 3 aliphatic rings. The van der Waals surface area contributed by atoms with Gasteiger partial charge in [0.15, 0.2) is 37.0 Å². The Morgan fingerprint density at radius 2 is 0.817 bits per heavy atom. The van der Waals surface area contributed by atoms with Crippen LogP contribution in [0, 0.1) is 10.8 Å². The molecule has 7 amide bonds. The Balaban J connectivity index is 0.874. The number of hydrogen-bond donors (Lipinski definition) is 7. The number of nitrogens with one attached hydrogen (secondary N) is 6. The summed E-state index contributed by atoms with van der Waals surface area (Å²) in [6.45, 7) is 14.1. The van der Waals surface area contributed by atoms with E-state index in [0.29, 0.717) is 37.2 Å². The standard InChI is InChI=1S/C99H139N7O36/c1-13-80(113)104-87-91(139-68(7)111)89(137-66(5)109)78(58-133-64(3)107)141-95(87)131-52-50-129-48-46-127-44-42-125-40-38-100-93(121)70-54-71(94(122)101-39-41-126-43-45-128-47-49-130-51-53-132-96-88(105-81(114)14-2)92(140-69(8)112)90(138-67(6)110)79(142-96)59-134-65(4)108)56-75(55-70)103-83(116)57-102-82(115)26-22-17-15-16-18-23-27-84(117)106-60-97(9,62-135-86(120)37-36-85(118)119)98(10,61-106)63-136-99(72-24-20-19-21-25-72,73-28-32-76(123-11)33-29-73)74-30-34-77(124-12)35-31-74/h19-21,24-25,28-35,54-56,78-79,87-92,95-96H,13-18,22-23,26-27,36-53,57-63H2,1-12H3,(H,100,121)(H,101,122)(H,102,115)(H,103,116)(H,104,113)(H,105,114)(H,118,119)/t78-,79-,87-,88-,89+,90+,91-,92-,95?,96?,97?,98?/m1/s1. The minimum atomic E-state index is -1.30. The Hall–Kier alpha value is -11.9. The zero-order valence-electron chi connectivity index (χ0n) is 82.9. The molecule has 7 rings (SSSR count). The molecule has 3 saturated heterocycles. The molecule has 4 unspecified atom stereocenters. The second kappa shape index (κ2) is 61.8. The van der Waals surface area contributed by atoms with Crippen LogP contribution in [0.2, 0.25) is 0 Å². The van der Waals surface area contributed by atoms with Crippen LogP contribution in [0.5, 0.6) is 11.5 Å². The largest absolute Gasteiger partial charge is 0.497 e. The fraction of sp³-hybridized carbons (Fsp3) is 0.606. The average Bonchev–Trinajstić information content (AvgIpc) is 1.37. The Morgan fingerprint density at radius 1 is 0.423 bits per heavy atom. The Bertz CT molecular complexity index is 4510. The van der Waals surface area contributed by atoms with Crippen LogP contribution in [0.25, 0.3) is 0 Å². The molecule has 43 nitrogen and oxygen atoms in total. The number of ether oxygens (including phenoxy) is 20. The van der Waals surface area contributed by atoms with Crippen molar-refractivity contribution in [1.82, 2.24) is 31.5 Å². The summed E-state index contributed by atoms with van der Waals surface area (Å²) in [5.74, 6) is -8.17. The van der Waals surface area contributed by atoms with E-state index in [2.05, 4.69) is 31.9 Å². The van der Waals surface area contributed by atoms with Gasteiger partial charge < -0.3 is 137 Å². The quantitative estimate of drug-likeness (QED) is 0.0118. The van der Waals surface area contributed by atoms with Crippen LogP contribution >= 0.6 is 0 Å². The number of carboxylic acids is 1. The summed E-state index contributed by atoms with van der Waals surface area (Å²) in [6.07, 6.45) is -6.38. The number of hydrogen-bond acceptors (Lipinski definition) is 35. The van der Waals surface area contributed by atoms with Gasteiger partial charge in [-0.15, -0.1) is 0 Å². The topological polar surface area (TPSA) is 536 Å². The zero-order valence-corrected chi connectivity index (χ0v) is 82.9. The second-order valence-electron chi connectivity index (χ2n) is 34.3. The molecule has 4 aromatic carbocycles. The van der Waals surface area contributed by atoms with E-state index in [1.807, 2.05) is 92.7 Å². The Kier molecular flexibility index (Phi) is 51.0. The number of anilines is 1. The number of methoxy groups -OCH3 is 2. The highest BCUT2D eigenvalue weighted by Gasteiger charge is 2.57. The van der Waals surface area contributed by atoms with Crippen molar-refractivity contribution in [3.05, 3.63) is 125 Å². The van der Waals surface area contributed by atoms with Gasteiger partial charge in [0.2, 0.25) is 29.5 Å². The number of esters is 7. The van der Waals surface area contributed by atoms with Crippen molar-refractivity contribution < 1.29 is 172 Å². The molecule has 0 spiro atoms. The van der Waals surface area contributed by atoms with Crippen LogP contribution in [-0.4, -0.2) is 326 Å². The number of carbonyl (C=O) groups excluding carboxylic acids is 14. The second-order valence-corrected chi connectivity index (χ2v) is 34.3. The average molecular weight is 2000 g/mol. The van der Waals surface area contributed by atoms with E-state index in [1.165, 1.54) is 32.0 Å². The van der Waals surface area contributed by atoms with Gasteiger partial charge in [-0.05, 0) is 72.0 Å². The van der Waals surface area contributed by atoms with Gasteiger partial charge in [-0.1, -0.05) is 108 Å². The molecule has 4 aromatic rings. The van der Waals surface area contributed by atoms with E-state index in [-0.39, 0.29) is 187 Å². The van der Waals surface area contributed by atoms with Gasteiger partial charge in [0.05, 0.1) is 139 Å². The lowest BCUT2D eigenvalue weighted by Crippen LogP contribution is -2.66. The summed E-state index contributed by atoms with van der Waals surface area (Å²) in [7, 11) is 3.18. The lowest BCUT2D eigenvalue weighted by Gasteiger charge is -2.45. The molecule has 3 heterocycles. The van der Waals surface area contributed by atoms with Gasteiger partial charge in [0.1, 0.15) is 54.6 Å². The first-order chi connectivity index (χ1) is 68.0. The number of aliphatic carboxylic acids is 1. The van der Waals surface area contributed by atoms with Crippen molar-refractivity contribution in [1.29, 1.82) is 0 Å². The minimum Gasteiger partial charge on any atom is -0.497 e. The van der Waals surface area contributed by atoms with E-state index in [4.69, 9.17) is 94.7 Å². The van der Waals surface area contributed by atoms with E-state index in [1.54, 1.807) is 33.0 Å². The van der Waals surface area contributed by atoms with Crippen LogP contribution in [0.1, 0.15) is 184 Å². The molecule has 0 aromatic heterocycles. The zero-order chi connectivity index (χ0) is 104. The molecule has 3 aliphatic heterocycles. The summed E-state index contributed by atoms with van der Waals surface area (Å²) in [4.78, 5) is 193. The van der Waals surface area contributed by atoms with E-state index in [9.17, 15) is 77.0 Å². The lowest BCUT2D eigenvalue weighted by molar-refractivity contribution is -0.279. The maximum atomic E-state index is 14.3. The molecule has 12 atom stereocenters. The number of amides is 7. The molecule has 0 saturated carbocycles. The van der Waals surface area contributed by atoms with Gasteiger partial charge in [0.25, 0.3) is 11.8 Å². The smallest absolute Gasteiger partial charge is 0.306 e. The van der Waals surface area contributed by atoms with Crippen LogP contribution in [0.4, 0.5) is 5.69 Å². The maximum absolute atomic E-state index is 14.3. The van der Waals surface area contributed by atoms with Crippen molar-refractivity contribution in [3.63, 3.8) is 0 Å². The van der Waals surface area contributed by atoms with Crippen molar-refractivity contribution >= 4 is 94.8 Å². The Morgan fingerprint density at radius 3 is 1.23 bits per heavy atom. The van der Waals surface area contributed by atoms with Gasteiger partial charge in [-0.3, -0.25) is 71.9 Å². The summed E-state index contributed by atoms with van der Waals surface area (Å²) in [5.41, 5.74) is -0.460. The van der Waals surface area contributed by atoms with Gasteiger partial charge >= 0.3 is 47.8 Å². The lowest BCUT2D eigenvalue weighted by atomic mass is 9.68. The highest BCUT2D eigenvalue weighted by molar-refractivity contribution is 6.03. The van der Waals surface area contributed by atoms with Crippen molar-refractivity contribution in [2.45, 2.75) is 213 Å². The molecule has 786 valence electrons. The summed E-state index contributed by atoms with van der Waals surface area (Å²) < 4.78 is 115. The molecule has 142 heavy (non-hydrogen) atoms. The molecule has 7 N–H and O–H groups in total. The molecule has 0 aliphatic carbocycles. The monoisotopic (exact) mass is 2000 g/mol. The van der Waals surface area contributed by atoms with Gasteiger partial charge in [-0.25, -0.2) is 0 Å². The van der Waals surface area contributed by atoms with E-state index < -0.39 is 187 Å². The predicted octanol–water partition coefficient (Wildman–Crippen LogP) is 5.84. The molecule has 0 radical (unpaired) electrons. The molecular weight excluding hydrogens is 1860 g/mol. The van der Waals surface area contributed by atoms with Crippen molar-refractivity contribution in [2.24, 2.45) is 10.8 Å². The first-order valence-electron chi connectivity index (χ1n) is 47.5. The third kappa shape index (κ3) is 39.4. The number of rotatable bonds is 65. The number of unbranched alkanes of at least 4 members (excludes halogenated alkanes) is 5. The highest BCUT2D eigenvalue weighted by atomic mass is 16.7.